The fourth-order valence-corrected chi connectivity index (χ4v) is 2.90. The molecule has 0 spiro atoms. The lowest BCUT2D eigenvalue weighted by molar-refractivity contribution is 0.0526. The number of nitrogens with two attached hydrogens (primary N) is 1. The Morgan fingerprint density at radius 1 is 1.19 bits per heavy atom. The van der Waals surface area contributed by atoms with E-state index in [0.29, 0.717) is 17.9 Å². The Balaban J connectivity index is 2.23. The third kappa shape index (κ3) is 3.98. The maximum atomic E-state index is 11.6. The molecule has 2 aromatic carbocycles. The second kappa shape index (κ2) is 6.95. The van der Waals surface area contributed by atoms with Gasteiger partial charge in [-0.05, 0) is 59.3 Å². The van der Waals surface area contributed by atoms with Gasteiger partial charge < -0.3 is 15.8 Å². The van der Waals surface area contributed by atoms with Crippen molar-refractivity contribution in [2.75, 3.05) is 17.7 Å². The predicted molar refractivity (Wildman–Crippen MR) is 91.9 cm³/mol. The van der Waals surface area contributed by atoms with Gasteiger partial charge in [0.25, 0.3) is 0 Å². The number of nitrogens with one attached hydrogen (secondary N) is 1. The Morgan fingerprint density at radius 2 is 1.90 bits per heavy atom. The standard InChI is InChI=1S/C15H14Br2N2O2/c1-2-21-15(20)9-3-5-14(12(18)7-9)19-13-6-4-10(16)8-11(13)17/h3-8,19H,2,18H2,1H3. The number of anilines is 3. The van der Waals surface area contributed by atoms with E-state index >= 15 is 0 Å². The lowest BCUT2D eigenvalue weighted by Crippen LogP contribution is -2.06. The van der Waals surface area contributed by atoms with Crippen LogP contribution in [0.4, 0.5) is 17.1 Å². The van der Waals surface area contributed by atoms with Crippen LogP contribution in [-0.2, 0) is 4.74 Å². The zero-order valence-corrected chi connectivity index (χ0v) is 14.5. The van der Waals surface area contributed by atoms with Crippen LogP contribution in [0, 0.1) is 0 Å². The van der Waals surface area contributed by atoms with Gasteiger partial charge in [-0.2, -0.15) is 0 Å². The van der Waals surface area contributed by atoms with Gasteiger partial charge in [0.15, 0.2) is 0 Å². The van der Waals surface area contributed by atoms with E-state index in [4.69, 9.17) is 10.5 Å². The third-order valence-corrected chi connectivity index (χ3v) is 3.91. The number of hydrogen-bond donors (Lipinski definition) is 2. The number of nitrogen functional groups attached to an aromatic ring is 1. The molecule has 0 aliphatic carbocycles. The minimum absolute atomic E-state index is 0.338. The van der Waals surface area contributed by atoms with Gasteiger partial charge in [0.2, 0.25) is 0 Å². The molecule has 0 atom stereocenters. The Hall–Kier alpha value is -1.53. The highest BCUT2D eigenvalue weighted by atomic mass is 79.9. The topological polar surface area (TPSA) is 64.3 Å². The zero-order chi connectivity index (χ0) is 15.4. The molecule has 0 saturated heterocycles. The van der Waals surface area contributed by atoms with Crippen molar-refractivity contribution in [2.24, 2.45) is 0 Å². The van der Waals surface area contributed by atoms with Crippen molar-refractivity contribution >= 4 is 54.9 Å². The molecule has 0 amide bonds. The van der Waals surface area contributed by atoms with E-state index in [0.717, 1.165) is 20.3 Å². The number of benzene rings is 2. The minimum Gasteiger partial charge on any atom is -0.462 e. The molecule has 0 aliphatic rings. The Morgan fingerprint density at radius 3 is 2.52 bits per heavy atom. The van der Waals surface area contributed by atoms with E-state index in [2.05, 4.69) is 37.2 Å². The molecular formula is C15H14Br2N2O2. The van der Waals surface area contributed by atoms with Gasteiger partial charge in [0, 0.05) is 8.95 Å². The highest BCUT2D eigenvalue weighted by molar-refractivity contribution is 9.11. The molecule has 4 nitrogen and oxygen atoms in total. The van der Waals surface area contributed by atoms with Crippen molar-refractivity contribution in [1.29, 1.82) is 0 Å². The fourth-order valence-electron chi connectivity index (χ4n) is 1.75. The summed E-state index contributed by atoms with van der Waals surface area (Å²) in [6.45, 7) is 2.10. The van der Waals surface area contributed by atoms with Crippen LogP contribution in [0.5, 0.6) is 0 Å². The van der Waals surface area contributed by atoms with Crippen molar-refractivity contribution in [3.8, 4) is 0 Å². The molecule has 21 heavy (non-hydrogen) atoms. The van der Waals surface area contributed by atoms with Crippen LogP contribution in [-0.4, -0.2) is 12.6 Å². The first kappa shape index (κ1) is 15.9. The predicted octanol–water partition coefficient (Wildman–Crippen LogP) is 4.71. The van der Waals surface area contributed by atoms with Crippen molar-refractivity contribution in [1.82, 2.24) is 0 Å². The number of ether oxygens (including phenoxy) is 1. The number of hydrogen-bond acceptors (Lipinski definition) is 4. The van der Waals surface area contributed by atoms with Crippen LogP contribution in [0.25, 0.3) is 0 Å². The summed E-state index contributed by atoms with van der Waals surface area (Å²) in [5.41, 5.74) is 8.52. The van der Waals surface area contributed by atoms with Crippen molar-refractivity contribution < 1.29 is 9.53 Å². The largest absolute Gasteiger partial charge is 0.462 e. The average molecular weight is 414 g/mol. The van der Waals surface area contributed by atoms with Gasteiger partial charge in [-0.1, -0.05) is 15.9 Å². The van der Waals surface area contributed by atoms with Crippen molar-refractivity contribution in [3.63, 3.8) is 0 Å². The van der Waals surface area contributed by atoms with Crippen LogP contribution in [0.2, 0.25) is 0 Å². The van der Waals surface area contributed by atoms with Crippen LogP contribution < -0.4 is 11.1 Å². The zero-order valence-electron chi connectivity index (χ0n) is 11.3. The summed E-state index contributed by atoms with van der Waals surface area (Å²) in [5.74, 6) is -0.374. The SMILES string of the molecule is CCOC(=O)c1ccc(Nc2ccc(Br)cc2Br)c(N)c1. The van der Waals surface area contributed by atoms with E-state index in [1.807, 2.05) is 18.2 Å². The second-order valence-corrected chi connectivity index (χ2v) is 6.04. The van der Waals surface area contributed by atoms with Gasteiger partial charge >= 0.3 is 5.97 Å². The van der Waals surface area contributed by atoms with E-state index in [1.165, 1.54) is 0 Å². The van der Waals surface area contributed by atoms with E-state index < -0.39 is 0 Å². The summed E-state index contributed by atoms with van der Waals surface area (Å²) in [7, 11) is 0. The Bertz CT molecular complexity index is 675. The maximum absolute atomic E-state index is 11.6. The Kier molecular flexibility index (Phi) is 5.25. The molecule has 2 rings (SSSR count). The van der Waals surface area contributed by atoms with Crippen molar-refractivity contribution in [2.45, 2.75) is 6.92 Å². The van der Waals surface area contributed by atoms with E-state index in [1.54, 1.807) is 25.1 Å². The molecule has 0 aromatic heterocycles. The van der Waals surface area contributed by atoms with E-state index in [9.17, 15) is 4.79 Å². The molecule has 0 saturated carbocycles. The fraction of sp³-hybridized carbons (Fsp3) is 0.133. The molecule has 110 valence electrons. The molecule has 0 bridgehead atoms. The van der Waals surface area contributed by atoms with Gasteiger partial charge in [-0.3, -0.25) is 0 Å². The molecule has 0 unspecified atom stereocenters. The normalized spacial score (nSPS) is 10.2. The number of halogens is 2. The maximum Gasteiger partial charge on any atom is 0.338 e. The van der Waals surface area contributed by atoms with Gasteiger partial charge in [-0.15, -0.1) is 0 Å². The molecule has 0 fully saturated rings. The lowest BCUT2D eigenvalue weighted by Gasteiger charge is -2.12. The Labute approximate surface area is 139 Å². The number of rotatable bonds is 4. The molecular weight excluding hydrogens is 400 g/mol. The van der Waals surface area contributed by atoms with Gasteiger partial charge in [-0.25, -0.2) is 4.79 Å². The van der Waals surface area contributed by atoms with Crippen LogP contribution in [0.3, 0.4) is 0 Å². The average Bonchev–Trinajstić information content (AvgIpc) is 2.44. The highest BCUT2D eigenvalue weighted by Gasteiger charge is 2.10. The highest BCUT2D eigenvalue weighted by Crippen LogP contribution is 2.31. The first-order chi connectivity index (χ1) is 10.0. The van der Waals surface area contributed by atoms with Crippen LogP contribution in [0.1, 0.15) is 17.3 Å². The molecule has 0 heterocycles. The molecule has 0 aliphatic heterocycles. The van der Waals surface area contributed by atoms with Crippen LogP contribution in [0.15, 0.2) is 45.3 Å². The van der Waals surface area contributed by atoms with E-state index in [-0.39, 0.29) is 5.97 Å². The summed E-state index contributed by atoms with van der Waals surface area (Å²) in [6.07, 6.45) is 0. The summed E-state index contributed by atoms with van der Waals surface area (Å²) < 4.78 is 6.83. The number of esters is 1. The summed E-state index contributed by atoms with van der Waals surface area (Å²) in [4.78, 5) is 11.6. The number of carbonyl (C=O) groups excluding carboxylic acids is 1. The van der Waals surface area contributed by atoms with Crippen LogP contribution >= 0.6 is 31.9 Å². The minimum atomic E-state index is -0.374. The molecule has 2 aromatic rings. The van der Waals surface area contributed by atoms with Crippen molar-refractivity contribution in [3.05, 3.63) is 50.9 Å². The van der Waals surface area contributed by atoms with Gasteiger partial charge in [0.1, 0.15) is 0 Å². The number of carbonyl (C=O) groups is 1. The summed E-state index contributed by atoms with van der Waals surface area (Å²) >= 11 is 6.88. The molecule has 6 heteroatoms. The monoisotopic (exact) mass is 412 g/mol. The quantitative estimate of drug-likeness (QED) is 0.562. The second-order valence-electron chi connectivity index (χ2n) is 4.27. The lowest BCUT2D eigenvalue weighted by atomic mass is 10.1. The first-order valence-corrected chi connectivity index (χ1v) is 7.88. The third-order valence-electron chi connectivity index (χ3n) is 2.76. The van der Waals surface area contributed by atoms with Gasteiger partial charge in [0.05, 0.1) is 29.2 Å². The smallest absolute Gasteiger partial charge is 0.338 e. The molecule has 0 radical (unpaired) electrons. The molecule has 3 N–H and O–H groups in total. The summed E-state index contributed by atoms with van der Waals surface area (Å²) in [6, 6.07) is 10.8. The first-order valence-electron chi connectivity index (χ1n) is 6.30. The summed E-state index contributed by atoms with van der Waals surface area (Å²) in [5, 5.41) is 3.22.